The van der Waals surface area contributed by atoms with Gasteiger partial charge in [-0.1, -0.05) is 324 Å². The van der Waals surface area contributed by atoms with Gasteiger partial charge in [-0.3, -0.25) is 18.6 Å². The Morgan fingerprint density at radius 1 is 0.383 bits per heavy atom. The van der Waals surface area contributed by atoms with E-state index < -0.39 is 26.5 Å². The zero-order chi connectivity index (χ0) is 58.7. The zero-order valence-corrected chi connectivity index (χ0v) is 53.7. The number of ether oxygens (including phenoxy) is 2. The summed E-state index contributed by atoms with van der Waals surface area (Å²) in [5.41, 5.74) is 5.40. The summed E-state index contributed by atoms with van der Waals surface area (Å²) in [6, 6.07) is 0. The minimum Gasteiger partial charge on any atom is -0.462 e. The molecule has 0 aromatic heterocycles. The van der Waals surface area contributed by atoms with E-state index in [0.717, 1.165) is 89.9 Å². The van der Waals surface area contributed by atoms with Crippen LogP contribution in [-0.4, -0.2) is 49.3 Å². The highest BCUT2D eigenvalue weighted by Crippen LogP contribution is 2.43. The Bertz CT molecular complexity index is 1600. The summed E-state index contributed by atoms with van der Waals surface area (Å²) in [6.45, 7) is 3.67. The predicted octanol–water partition coefficient (Wildman–Crippen LogP) is 22.2. The minimum atomic E-state index is -4.40. The fraction of sp³-hybridized carbons (Fsp3) is 0.775. The molecule has 81 heavy (non-hydrogen) atoms. The van der Waals surface area contributed by atoms with Gasteiger partial charge in [0, 0.05) is 19.4 Å². The van der Waals surface area contributed by atoms with Gasteiger partial charge in [0.25, 0.3) is 0 Å². The number of rotatable bonds is 64. The molecule has 2 atom stereocenters. The van der Waals surface area contributed by atoms with Gasteiger partial charge < -0.3 is 20.1 Å². The molecule has 3 N–H and O–H groups in total. The molecule has 0 aliphatic carbocycles. The van der Waals surface area contributed by atoms with Crippen LogP contribution < -0.4 is 5.73 Å². The molecule has 0 saturated heterocycles. The molecule has 0 aliphatic heterocycles. The summed E-state index contributed by atoms with van der Waals surface area (Å²) in [6.07, 6.45) is 88.1. The maximum Gasteiger partial charge on any atom is 0.472 e. The number of phosphoric ester groups is 1. The predicted molar refractivity (Wildman–Crippen MR) is 349 cm³/mol. The van der Waals surface area contributed by atoms with Crippen LogP contribution in [0.3, 0.4) is 0 Å². The minimum absolute atomic E-state index is 0.0515. The molecule has 470 valence electrons. The Balaban J connectivity index is 3.90. The van der Waals surface area contributed by atoms with Crippen LogP contribution in [0.4, 0.5) is 0 Å². The summed E-state index contributed by atoms with van der Waals surface area (Å²) in [4.78, 5) is 35.3. The van der Waals surface area contributed by atoms with Crippen molar-refractivity contribution in [2.24, 2.45) is 5.73 Å². The first-order valence-corrected chi connectivity index (χ1v) is 35.6. The van der Waals surface area contributed by atoms with E-state index in [1.54, 1.807) is 0 Å². The number of nitrogens with two attached hydrogens (primary N) is 1. The number of phosphoric acid groups is 1. The second-order valence-corrected chi connectivity index (χ2v) is 24.1. The van der Waals surface area contributed by atoms with E-state index in [9.17, 15) is 19.0 Å². The van der Waals surface area contributed by atoms with Crippen molar-refractivity contribution < 1.29 is 37.6 Å². The van der Waals surface area contributed by atoms with E-state index in [0.29, 0.717) is 6.42 Å². The van der Waals surface area contributed by atoms with Gasteiger partial charge in [-0.2, -0.15) is 0 Å². The van der Waals surface area contributed by atoms with Crippen molar-refractivity contribution in [3.63, 3.8) is 0 Å². The van der Waals surface area contributed by atoms with E-state index in [-0.39, 0.29) is 38.6 Å². The lowest BCUT2D eigenvalue weighted by atomic mass is 10.0. The Hall–Kier alpha value is -2.81. The van der Waals surface area contributed by atoms with Crippen molar-refractivity contribution in [3.8, 4) is 0 Å². The number of allylic oxidation sites excluding steroid dienone is 14. The first-order chi connectivity index (χ1) is 39.8. The molecule has 10 heteroatoms. The fourth-order valence-electron chi connectivity index (χ4n) is 9.80. The molecule has 9 nitrogen and oxygen atoms in total. The second-order valence-electron chi connectivity index (χ2n) is 22.7. The monoisotopic (exact) mass is 1150 g/mol. The average molecular weight is 1150 g/mol. The van der Waals surface area contributed by atoms with Crippen LogP contribution in [0.2, 0.25) is 0 Å². The van der Waals surface area contributed by atoms with Crippen molar-refractivity contribution in [3.05, 3.63) is 85.1 Å². The number of hydrogen-bond acceptors (Lipinski definition) is 8. The lowest BCUT2D eigenvalue weighted by Crippen LogP contribution is -2.29. The Labute approximate surface area is 500 Å². The van der Waals surface area contributed by atoms with Crippen LogP contribution in [0.15, 0.2) is 85.1 Å². The molecule has 0 amide bonds. The lowest BCUT2D eigenvalue weighted by Gasteiger charge is -2.19. The quantitative estimate of drug-likeness (QED) is 0.0264. The molecule has 0 fully saturated rings. The van der Waals surface area contributed by atoms with Crippen molar-refractivity contribution in [1.82, 2.24) is 0 Å². The van der Waals surface area contributed by atoms with Crippen LogP contribution in [0.5, 0.6) is 0 Å². The topological polar surface area (TPSA) is 134 Å². The molecule has 0 radical (unpaired) electrons. The molecular formula is C71H128NO8P. The highest BCUT2D eigenvalue weighted by Gasteiger charge is 2.26. The van der Waals surface area contributed by atoms with Crippen LogP contribution >= 0.6 is 7.82 Å². The third-order valence-corrected chi connectivity index (χ3v) is 15.8. The van der Waals surface area contributed by atoms with Crippen LogP contribution in [-0.2, 0) is 32.7 Å². The standard InChI is InChI=1S/C71H128NO8P/c1-3-5-7-9-11-13-15-17-19-21-23-25-27-29-31-32-33-34-35-36-38-40-42-44-46-48-50-52-54-56-58-60-62-64-71(74)80-69(68-79-81(75,76)78-66-65-72)67-77-70(73)63-61-59-57-55-53-51-49-47-45-43-41-39-37-30-28-26-24-22-20-18-16-14-12-10-8-6-4-2/h5,7,11,13,17,19,23,25,29,31,33-34,36,38,69H,3-4,6,8-10,12,14-16,18,20-22,24,26-28,30,32,35,37,39-68,72H2,1-2H3,(H,75,76)/b7-5-,13-11-,19-17-,25-23-,31-29-,34-33-,38-36-. The SMILES string of the molecule is CC/C=C\C/C=C\C/C=C\C/C=C\C/C=C\C/C=C\C/C=C\CCCCCCCCCCCCCC(=O)OC(COC(=O)CCCCCCCCCCCCCCCCCCCCCCCCCCCCC)COP(=O)(O)OCCN. The molecule has 0 aliphatic rings. The van der Waals surface area contributed by atoms with E-state index >= 15 is 0 Å². The molecule has 2 unspecified atom stereocenters. The molecular weight excluding hydrogens is 1030 g/mol. The molecule has 0 saturated carbocycles. The Morgan fingerprint density at radius 2 is 0.679 bits per heavy atom. The Morgan fingerprint density at radius 3 is 1.01 bits per heavy atom. The first-order valence-electron chi connectivity index (χ1n) is 34.1. The molecule has 0 heterocycles. The van der Waals surface area contributed by atoms with Crippen LogP contribution in [0.25, 0.3) is 0 Å². The maximum atomic E-state index is 12.8. The lowest BCUT2D eigenvalue weighted by molar-refractivity contribution is -0.161. The second kappa shape index (κ2) is 66.3. The van der Waals surface area contributed by atoms with Crippen molar-refractivity contribution in [1.29, 1.82) is 0 Å². The number of hydrogen-bond donors (Lipinski definition) is 2. The molecule has 0 aromatic carbocycles. The number of unbranched alkanes of at least 4 members (excludes halogenated alkanes) is 37. The van der Waals surface area contributed by atoms with Gasteiger partial charge in [0.05, 0.1) is 13.2 Å². The van der Waals surface area contributed by atoms with Gasteiger partial charge in [-0.05, 0) is 70.6 Å². The van der Waals surface area contributed by atoms with Gasteiger partial charge in [-0.15, -0.1) is 0 Å². The van der Waals surface area contributed by atoms with Gasteiger partial charge in [-0.25, -0.2) is 4.57 Å². The third-order valence-electron chi connectivity index (χ3n) is 14.8. The number of carbonyl (C=O) groups is 2. The molecule has 0 spiro atoms. The van der Waals surface area contributed by atoms with Crippen molar-refractivity contribution in [2.75, 3.05) is 26.4 Å². The van der Waals surface area contributed by atoms with Crippen molar-refractivity contribution in [2.45, 2.75) is 328 Å². The summed E-state index contributed by atoms with van der Waals surface area (Å²) in [5.74, 6) is -0.819. The summed E-state index contributed by atoms with van der Waals surface area (Å²) in [5, 5.41) is 0. The average Bonchev–Trinajstić information content (AvgIpc) is 3.46. The first kappa shape index (κ1) is 78.2. The zero-order valence-electron chi connectivity index (χ0n) is 52.8. The molecule has 0 aromatic rings. The highest BCUT2D eigenvalue weighted by atomic mass is 31.2. The summed E-state index contributed by atoms with van der Waals surface area (Å²) >= 11 is 0. The summed E-state index contributed by atoms with van der Waals surface area (Å²) in [7, 11) is -4.40. The summed E-state index contributed by atoms with van der Waals surface area (Å²) < 4.78 is 33.2. The van der Waals surface area contributed by atoms with E-state index in [4.69, 9.17) is 24.3 Å². The number of carbonyl (C=O) groups excluding carboxylic acids is 2. The van der Waals surface area contributed by atoms with Gasteiger partial charge in [0.1, 0.15) is 6.61 Å². The van der Waals surface area contributed by atoms with E-state index in [1.807, 2.05) is 0 Å². The molecule has 0 rings (SSSR count). The third kappa shape index (κ3) is 66.2. The van der Waals surface area contributed by atoms with Crippen molar-refractivity contribution >= 4 is 19.8 Å². The largest absolute Gasteiger partial charge is 0.472 e. The smallest absolute Gasteiger partial charge is 0.462 e. The normalized spacial score (nSPS) is 13.5. The maximum absolute atomic E-state index is 12.8. The highest BCUT2D eigenvalue weighted by molar-refractivity contribution is 7.47. The fourth-order valence-corrected chi connectivity index (χ4v) is 10.6. The Kier molecular flexibility index (Phi) is 64.0. The van der Waals surface area contributed by atoms with Crippen LogP contribution in [0, 0.1) is 0 Å². The van der Waals surface area contributed by atoms with E-state index in [2.05, 4.69) is 98.9 Å². The van der Waals surface area contributed by atoms with Crippen LogP contribution in [0.1, 0.15) is 322 Å². The van der Waals surface area contributed by atoms with Gasteiger partial charge >= 0.3 is 19.8 Å². The molecule has 0 bridgehead atoms. The van der Waals surface area contributed by atoms with Gasteiger partial charge in [0.15, 0.2) is 6.10 Å². The van der Waals surface area contributed by atoms with E-state index in [1.165, 1.54) is 199 Å². The van der Waals surface area contributed by atoms with Gasteiger partial charge in [0.2, 0.25) is 0 Å². The number of esters is 2.